The van der Waals surface area contributed by atoms with Gasteiger partial charge < -0.3 is 8.85 Å². The van der Waals surface area contributed by atoms with Gasteiger partial charge in [-0.1, -0.05) is 111 Å². The second-order valence-corrected chi connectivity index (χ2v) is 13.0. The topological polar surface area (TPSA) is 35.5 Å². The Hall–Kier alpha value is -1.42. The molecule has 0 heterocycles. The van der Waals surface area contributed by atoms with Gasteiger partial charge >= 0.3 is 9.17 Å². The van der Waals surface area contributed by atoms with Gasteiger partial charge in [0.15, 0.2) is 0 Å². The van der Waals surface area contributed by atoms with Crippen molar-refractivity contribution in [2.24, 2.45) is 0 Å². The third-order valence-corrected chi connectivity index (χ3v) is 8.09. The van der Waals surface area contributed by atoms with Crippen LogP contribution in [0.4, 0.5) is 0 Å². The van der Waals surface area contributed by atoms with E-state index in [1.54, 1.807) is 0 Å². The van der Waals surface area contributed by atoms with E-state index in [0.29, 0.717) is 6.61 Å². The second kappa shape index (κ2) is 23.5. The van der Waals surface area contributed by atoms with E-state index in [1.165, 1.54) is 73.7 Å². The average molecular weight is 547 g/mol. The standard InChI is InChI=1S/C34H62O3Si/c1-9-10-11-12-13-14-15-16-17-18-29-36-38(35)37-34(8,27-25-32(6)23-19-21-30(2)3)28-26-33(7)24-20-22-31(4)5/h21-22,25-26H,9-20,23-24,27-29H2,1-8H3. The summed E-state index contributed by atoms with van der Waals surface area (Å²) in [5.74, 6) is 0. The molecule has 0 aliphatic heterocycles. The number of unbranched alkanes of at least 4 members (excludes halogenated alkanes) is 9. The predicted molar refractivity (Wildman–Crippen MR) is 168 cm³/mol. The molecule has 220 valence electrons. The monoisotopic (exact) mass is 546 g/mol. The van der Waals surface area contributed by atoms with Crippen LogP contribution in [0.25, 0.3) is 0 Å². The molecule has 0 amide bonds. The largest absolute Gasteiger partial charge is 0.767 e. The van der Waals surface area contributed by atoms with Gasteiger partial charge in [0.1, 0.15) is 5.60 Å². The van der Waals surface area contributed by atoms with Crippen LogP contribution in [0.5, 0.6) is 0 Å². The fraction of sp³-hybridized carbons (Fsp3) is 0.765. The zero-order valence-electron chi connectivity index (χ0n) is 26.6. The fourth-order valence-electron chi connectivity index (χ4n) is 4.30. The van der Waals surface area contributed by atoms with Crippen LogP contribution < -0.4 is 0 Å². The molecule has 0 radical (unpaired) electrons. The molecule has 0 aromatic heterocycles. The van der Waals surface area contributed by atoms with E-state index in [4.69, 9.17) is 8.85 Å². The van der Waals surface area contributed by atoms with Crippen molar-refractivity contribution in [3.8, 4) is 0 Å². The highest BCUT2D eigenvalue weighted by molar-refractivity contribution is 6.26. The lowest BCUT2D eigenvalue weighted by molar-refractivity contribution is 0.0420. The Morgan fingerprint density at radius 3 is 1.50 bits per heavy atom. The zero-order chi connectivity index (χ0) is 28.7. The molecule has 3 nitrogen and oxygen atoms in total. The molecule has 0 aliphatic carbocycles. The Morgan fingerprint density at radius 1 is 0.658 bits per heavy atom. The van der Waals surface area contributed by atoms with Crippen LogP contribution in [-0.4, -0.2) is 21.4 Å². The van der Waals surface area contributed by atoms with Crippen molar-refractivity contribution in [3.63, 3.8) is 0 Å². The number of allylic oxidation sites excluding steroid dienone is 6. The van der Waals surface area contributed by atoms with Crippen LogP contribution in [-0.2, 0) is 13.3 Å². The maximum absolute atomic E-state index is 12.8. The molecule has 0 N–H and O–H groups in total. The van der Waals surface area contributed by atoms with Crippen LogP contribution in [0.15, 0.2) is 46.6 Å². The average Bonchev–Trinajstić information content (AvgIpc) is 2.84. The Balaban J connectivity index is 4.71. The van der Waals surface area contributed by atoms with Crippen LogP contribution >= 0.6 is 0 Å². The van der Waals surface area contributed by atoms with Crippen LogP contribution in [0.2, 0.25) is 0 Å². The van der Waals surface area contributed by atoms with Crippen molar-refractivity contribution in [2.75, 3.05) is 6.61 Å². The minimum atomic E-state index is -2.53. The first kappa shape index (κ1) is 36.6. The molecule has 0 unspecified atom stereocenters. The Labute approximate surface area is 239 Å². The third kappa shape index (κ3) is 23.7. The van der Waals surface area contributed by atoms with Crippen molar-refractivity contribution < 1.29 is 13.3 Å². The molecule has 0 aromatic rings. The van der Waals surface area contributed by atoms with Crippen molar-refractivity contribution >= 4 is 9.17 Å². The smallest absolute Gasteiger partial charge is 0.496 e. The van der Waals surface area contributed by atoms with Gasteiger partial charge in [-0.25, -0.2) is 0 Å². The van der Waals surface area contributed by atoms with Gasteiger partial charge in [0, 0.05) is 12.8 Å². The van der Waals surface area contributed by atoms with Gasteiger partial charge in [-0.2, -0.15) is 0 Å². The molecule has 0 saturated heterocycles. The molecule has 0 aromatic carbocycles. The molecule has 0 aliphatic rings. The summed E-state index contributed by atoms with van der Waals surface area (Å²) in [6.45, 7) is 17.8. The van der Waals surface area contributed by atoms with Crippen molar-refractivity contribution in [1.29, 1.82) is 0 Å². The lowest BCUT2D eigenvalue weighted by Gasteiger charge is -2.28. The summed E-state index contributed by atoms with van der Waals surface area (Å²) in [7, 11) is -2.53. The summed E-state index contributed by atoms with van der Waals surface area (Å²) >= 11 is 0. The maximum atomic E-state index is 12.8. The number of hydrogen-bond acceptors (Lipinski definition) is 3. The highest BCUT2D eigenvalue weighted by Crippen LogP contribution is 2.25. The molecule has 0 atom stereocenters. The van der Waals surface area contributed by atoms with E-state index in [-0.39, 0.29) is 0 Å². The summed E-state index contributed by atoms with van der Waals surface area (Å²) in [6, 6.07) is 0. The highest BCUT2D eigenvalue weighted by atomic mass is 28.3. The third-order valence-electron chi connectivity index (χ3n) is 6.99. The van der Waals surface area contributed by atoms with Crippen molar-refractivity contribution in [1.82, 2.24) is 0 Å². The second-order valence-electron chi connectivity index (χ2n) is 12.0. The van der Waals surface area contributed by atoms with Crippen LogP contribution in [0, 0.1) is 0 Å². The van der Waals surface area contributed by atoms with E-state index in [9.17, 15) is 4.46 Å². The molecule has 0 fully saturated rings. The first-order valence-electron chi connectivity index (χ1n) is 15.5. The van der Waals surface area contributed by atoms with Gasteiger partial charge in [0.2, 0.25) is 0 Å². The molecular weight excluding hydrogens is 484 g/mol. The molecular formula is C34H62O3Si. The summed E-state index contributed by atoms with van der Waals surface area (Å²) in [6.07, 6.45) is 27.6. The first-order valence-corrected chi connectivity index (χ1v) is 16.7. The number of hydrogen-bond donors (Lipinski definition) is 0. The Kier molecular flexibility index (Phi) is 22.6. The van der Waals surface area contributed by atoms with Gasteiger partial charge in [0.25, 0.3) is 0 Å². The minimum absolute atomic E-state index is 0.524. The summed E-state index contributed by atoms with van der Waals surface area (Å²) in [5.41, 5.74) is 4.90. The fourth-order valence-corrected chi connectivity index (χ4v) is 5.24. The van der Waals surface area contributed by atoms with Crippen molar-refractivity contribution in [2.45, 2.75) is 164 Å². The van der Waals surface area contributed by atoms with Crippen molar-refractivity contribution in [3.05, 3.63) is 46.6 Å². The quantitative estimate of drug-likeness (QED) is 0.0686. The maximum Gasteiger partial charge on any atom is 0.767 e. The van der Waals surface area contributed by atoms with Gasteiger partial charge in [-0.3, -0.25) is 4.46 Å². The Morgan fingerprint density at radius 2 is 1.08 bits per heavy atom. The molecule has 0 bridgehead atoms. The minimum Gasteiger partial charge on any atom is -0.496 e. The molecule has 0 saturated carbocycles. The molecule has 38 heavy (non-hydrogen) atoms. The van der Waals surface area contributed by atoms with Crippen LogP contribution in [0.1, 0.15) is 158 Å². The van der Waals surface area contributed by atoms with E-state index in [0.717, 1.165) is 51.4 Å². The summed E-state index contributed by atoms with van der Waals surface area (Å²) < 4.78 is 24.6. The van der Waals surface area contributed by atoms with Gasteiger partial charge in [0.05, 0.1) is 6.61 Å². The van der Waals surface area contributed by atoms with Gasteiger partial charge in [-0.05, 0) is 80.6 Å². The number of rotatable bonds is 24. The summed E-state index contributed by atoms with van der Waals surface area (Å²) in [5, 5.41) is 0. The van der Waals surface area contributed by atoms with E-state index in [2.05, 4.69) is 79.7 Å². The lowest BCUT2D eigenvalue weighted by atomic mass is 9.94. The SMILES string of the molecule is CCCCCCCCCCCCO[Si](=O)OC(C)(CC=C(C)CCC=C(C)C)CC=C(C)CCC=C(C)C. The Bertz CT molecular complexity index is 697. The van der Waals surface area contributed by atoms with E-state index >= 15 is 0 Å². The molecule has 0 spiro atoms. The molecule has 0 rings (SSSR count). The zero-order valence-corrected chi connectivity index (χ0v) is 27.6. The normalized spacial score (nSPS) is 13.6. The lowest BCUT2D eigenvalue weighted by Crippen LogP contribution is -2.33. The highest BCUT2D eigenvalue weighted by Gasteiger charge is 2.29. The van der Waals surface area contributed by atoms with E-state index < -0.39 is 14.8 Å². The van der Waals surface area contributed by atoms with Gasteiger partial charge in [-0.15, -0.1) is 0 Å². The van der Waals surface area contributed by atoms with Crippen LogP contribution in [0.3, 0.4) is 0 Å². The predicted octanol–water partition coefficient (Wildman–Crippen LogP) is 11.3. The van der Waals surface area contributed by atoms with E-state index in [1.807, 2.05) is 0 Å². The first-order chi connectivity index (χ1) is 18.1. The molecule has 4 heteroatoms. The summed E-state index contributed by atoms with van der Waals surface area (Å²) in [4.78, 5) is 0.